The minimum Gasteiger partial charge on any atom is -0.350 e. The molecule has 1 N–H and O–H groups in total. The fraction of sp³-hybridized carbons (Fsp3) is 0.467. The SMILES string of the molecule is CC(C)C(CNC(=O)c1cccn1C)c1ccnn1C. The molecule has 2 heterocycles. The van der Waals surface area contributed by atoms with Crippen LogP contribution in [0.3, 0.4) is 0 Å². The van der Waals surface area contributed by atoms with Crippen molar-refractivity contribution in [1.82, 2.24) is 19.7 Å². The van der Waals surface area contributed by atoms with Crippen molar-refractivity contribution < 1.29 is 4.79 Å². The Kier molecular flexibility index (Phi) is 4.27. The van der Waals surface area contributed by atoms with E-state index in [2.05, 4.69) is 24.3 Å². The number of aryl methyl sites for hydroxylation is 2. The number of carbonyl (C=O) groups is 1. The van der Waals surface area contributed by atoms with E-state index in [1.165, 1.54) is 0 Å². The smallest absolute Gasteiger partial charge is 0.267 e. The van der Waals surface area contributed by atoms with Gasteiger partial charge in [-0.3, -0.25) is 9.48 Å². The summed E-state index contributed by atoms with van der Waals surface area (Å²) in [4.78, 5) is 12.2. The van der Waals surface area contributed by atoms with E-state index in [4.69, 9.17) is 0 Å². The molecule has 0 bridgehead atoms. The molecule has 0 aromatic carbocycles. The van der Waals surface area contributed by atoms with Crippen LogP contribution in [0.5, 0.6) is 0 Å². The van der Waals surface area contributed by atoms with E-state index >= 15 is 0 Å². The lowest BCUT2D eigenvalue weighted by atomic mass is 9.92. The highest BCUT2D eigenvalue weighted by atomic mass is 16.1. The van der Waals surface area contributed by atoms with Crippen LogP contribution in [-0.2, 0) is 14.1 Å². The van der Waals surface area contributed by atoms with Gasteiger partial charge in [-0.2, -0.15) is 5.10 Å². The summed E-state index contributed by atoms with van der Waals surface area (Å²) in [6, 6.07) is 5.71. The standard InChI is InChI=1S/C15H22N4O/c1-11(2)12(13-7-8-17-19(13)4)10-16-15(20)14-6-5-9-18(14)3/h5-9,11-12H,10H2,1-4H3,(H,16,20). The normalized spacial score (nSPS) is 12.7. The van der Waals surface area contributed by atoms with Crippen LogP contribution in [0.15, 0.2) is 30.6 Å². The van der Waals surface area contributed by atoms with E-state index in [0.717, 1.165) is 5.69 Å². The number of nitrogens with one attached hydrogen (secondary N) is 1. The van der Waals surface area contributed by atoms with E-state index < -0.39 is 0 Å². The minimum absolute atomic E-state index is 0.0367. The first-order chi connectivity index (χ1) is 9.50. The van der Waals surface area contributed by atoms with Crippen LogP contribution < -0.4 is 5.32 Å². The Morgan fingerprint density at radius 1 is 1.35 bits per heavy atom. The Balaban J connectivity index is 2.06. The first-order valence-electron chi connectivity index (χ1n) is 6.88. The fourth-order valence-corrected chi connectivity index (χ4v) is 2.42. The Morgan fingerprint density at radius 2 is 2.10 bits per heavy atom. The molecule has 0 radical (unpaired) electrons. The van der Waals surface area contributed by atoms with Crippen molar-refractivity contribution in [1.29, 1.82) is 0 Å². The third kappa shape index (κ3) is 2.92. The zero-order chi connectivity index (χ0) is 14.7. The second-order valence-corrected chi connectivity index (χ2v) is 5.44. The fourth-order valence-electron chi connectivity index (χ4n) is 2.42. The summed E-state index contributed by atoms with van der Waals surface area (Å²) >= 11 is 0. The predicted molar refractivity (Wildman–Crippen MR) is 78.5 cm³/mol. The van der Waals surface area contributed by atoms with Crippen LogP contribution in [0.25, 0.3) is 0 Å². The van der Waals surface area contributed by atoms with Crippen molar-refractivity contribution in [2.24, 2.45) is 20.0 Å². The van der Waals surface area contributed by atoms with E-state index in [-0.39, 0.29) is 11.8 Å². The maximum Gasteiger partial charge on any atom is 0.267 e. The molecule has 2 rings (SSSR count). The lowest BCUT2D eigenvalue weighted by Crippen LogP contribution is -2.32. The summed E-state index contributed by atoms with van der Waals surface area (Å²) in [5, 5.41) is 7.23. The highest BCUT2D eigenvalue weighted by Gasteiger charge is 2.20. The molecule has 2 aromatic heterocycles. The summed E-state index contributed by atoms with van der Waals surface area (Å²) in [6.45, 7) is 4.93. The summed E-state index contributed by atoms with van der Waals surface area (Å²) in [5.41, 5.74) is 1.82. The third-order valence-electron chi connectivity index (χ3n) is 3.70. The van der Waals surface area contributed by atoms with Crippen molar-refractivity contribution in [3.05, 3.63) is 42.0 Å². The predicted octanol–water partition coefficient (Wildman–Crippen LogP) is 1.93. The van der Waals surface area contributed by atoms with Crippen LogP contribution in [0.1, 0.15) is 35.9 Å². The van der Waals surface area contributed by atoms with Crippen LogP contribution in [0.2, 0.25) is 0 Å². The van der Waals surface area contributed by atoms with Gasteiger partial charge in [0.1, 0.15) is 5.69 Å². The maximum absolute atomic E-state index is 12.2. The Labute approximate surface area is 119 Å². The van der Waals surface area contributed by atoms with Gasteiger partial charge in [0, 0.05) is 44.6 Å². The van der Waals surface area contributed by atoms with Gasteiger partial charge in [-0.15, -0.1) is 0 Å². The van der Waals surface area contributed by atoms with Crippen molar-refractivity contribution in [2.75, 3.05) is 6.54 Å². The largest absolute Gasteiger partial charge is 0.350 e. The van der Waals surface area contributed by atoms with E-state index in [1.54, 1.807) is 6.20 Å². The summed E-state index contributed by atoms with van der Waals surface area (Å²) in [5.74, 6) is 0.649. The quantitative estimate of drug-likeness (QED) is 0.905. The highest BCUT2D eigenvalue weighted by molar-refractivity contribution is 5.92. The molecule has 5 heteroatoms. The number of aromatic nitrogens is 3. The Hall–Kier alpha value is -2.04. The molecule has 1 amide bonds. The first-order valence-corrected chi connectivity index (χ1v) is 6.88. The van der Waals surface area contributed by atoms with Gasteiger partial charge < -0.3 is 9.88 Å². The van der Waals surface area contributed by atoms with Crippen molar-refractivity contribution in [3.63, 3.8) is 0 Å². The lowest BCUT2D eigenvalue weighted by molar-refractivity contribution is 0.0940. The summed E-state index contributed by atoms with van der Waals surface area (Å²) in [6.07, 6.45) is 3.67. The first kappa shape index (κ1) is 14.4. The molecule has 0 saturated carbocycles. The monoisotopic (exact) mass is 274 g/mol. The van der Waals surface area contributed by atoms with E-state index in [1.807, 2.05) is 47.7 Å². The van der Waals surface area contributed by atoms with Crippen molar-refractivity contribution in [2.45, 2.75) is 19.8 Å². The third-order valence-corrected chi connectivity index (χ3v) is 3.70. The van der Waals surface area contributed by atoms with Crippen LogP contribution in [-0.4, -0.2) is 26.8 Å². The molecular formula is C15H22N4O. The average Bonchev–Trinajstić information content (AvgIpc) is 2.98. The molecule has 20 heavy (non-hydrogen) atoms. The molecular weight excluding hydrogens is 252 g/mol. The molecule has 108 valence electrons. The zero-order valence-corrected chi connectivity index (χ0v) is 12.5. The molecule has 0 aliphatic carbocycles. The second-order valence-electron chi connectivity index (χ2n) is 5.44. The average molecular weight is 274 g/mol. The highest BCUT2D eigenvalue weighted by Crippen LogP contribution is 2.22. The van der Waals surface area contributed by atoms with Crippen LogP contribution in [0.4, 0.5) is 0 Å². The van der Waals surface area contributed by atoms with Gasteiger partial charge in [-0.25, -0.2) is 0 Å². The number of hydrogen-bond donors (Lipinski definition) is 1. The van der Waals surface area contributed by atoms with Gasteiger partial charge in [-0.1, -0.05) is 13.8 Å². The van der Waals surface area contributed by atoms with Gasteiger partial charge in [0.05, 0.1) is 0 Å². The Morgan fingerprint density at radius 3 is 2.60 bits per heavy atom. The van der Waals surface area contributed by atoms with Crippen LogP contribution in [0, 0.1) is 5.92 Å². The molecule has 0 aliphatic rings. The van der Waals surface area contributed by atoms with Crippen molar-refractivity contribution in [3.8, 4) is 0 Å². The molecule has 0 fully saturated rings. The zero-order valence-electron chi connectivity index (χ0n) is 12.5. The molecule has 1 unspecified atom stereocenters. The minimum atomic E-state index is -0.0367. The molecule has 5 nitrogen and oxygen atoms in total. The Bertz CT molecular complexity index is 582. The molecule has 0 saturated heterocycles. The van der Waals surface area contributed by atoms with Gasteiger partial charge in [0.15, 0.2) is 0 Å². The van der Waals surface area contributed by atoms with Gasteiger partial charge in [0.2, 0.25) is 0 Å². The van der Waals surface area contributed by atoms with E-state index in [9.17, 15) is 4.79 Å². The number of amides is 1. The number of hydrogen-bond acceptors (Lipinski definition) is 2. The van der Waals surface area contributed by atoms with Gasteiger partial charge in [-0.05, 0) is 24.1 Å². The number of carbonyl (C=O) groups excluding carboxylic acids is 1. The molecule has 0 aliphatic heterocycles. The summed E-state index contributed by atoms with van der Waals surface area (Å²) in [7, 11) is 3.81. The topological polar surface area (TPSA) is 51.9 Å². The van der Waals surface area contributed by atoms with E-state index in [0.29, 0.717) is 18.2 Å². The summed E-state index contributed by atoms with van der Waals surface area (Å²) < 4.78 is 3.70. The lowest BCUT2D eigenvalue weighted by Gasteiger charge is -2.21. The van der Waals surface area contributed by atoms with Crippen LogP contribution >= 0.6 is 0 Å². The van der Waals surface area contributed by atoms with Crippen molar-refractivity contribution >= 4 is 5.91 Å². The molecule has 2 aromatic rings. The van der Waals surface area contributed by atoms with Gasteiger partial charge >= 0.3 is 0 Å². The number of rotatable bonds is 5. The number of nitrogens with zero attached hydrogens (tertiary/aromatic N) is 3. The van der Waals surface area contributed by atoms with Gasteiger partial charge in [0.25, 0.3) is 5.91 Å². The maximum atomic E-state index is 12.2. The molecule has 1 atom stereocenters. The second kappa shape index (κ2) is 5.94. The molecule has 0 spiro atoms.